The molecule has 0 bridgehead atoms. The standard InChI is InChI=1S/C22H28F3N5OS/c1-3-14-4-6-21(12-14)7-10-30(11-8-21)20-28-18(26)17(19(31)29(20)2)32-16-5-9-27-13-15(16)22(23,24)25/h5,9,13-14H,3-4,6-8,10-12,26H2,1-2H3/t14-/m0/s1. The van der Waals surface area contributed by atoms with Gasteiger partial charge in [-0.3, -0.25) is 14.3 Å². The Morgan fingerprint density at radius 3 is 2.62 bits per heavy atom. The van der Waals surface area contributed by atoms with Gasteiger partial charge in [-0.25, -0.2) is 0 Å². The average Bonchev–Trinajstić information content (AvgIpc) is 3.17. The molecule has 2 N–H and O–H groups in total. The maximum absolute atomic E-state index is 13.3. The number of anilines is 2. The van der Waals surface area contributed by atoms with E-state index in [1.807, 2.05) is 0 Å². The molecule has 1 aliphatic heterocycles. The van der Waals surface area contributed by atoms with Crippen molar-refractivity contribution < 1.29 is 13.2 Å². The molecular formula is C22H28F3N5OS. The molecule has 1 saturated heterocycles. The van der Waals surface area contributed by atoms with Gasteiger partial charge in [-0.1, -0.05) is 25.1 Å². The lowest BCUT2D eigenvalue weighted by Crippen LogP contribution is -2.42. The van der Waals surface area contributed by atoms with Crippen molar-refractivity contribution in [1.29, 1.82) is 0 Å². The third-order valence-electron chi connectivity index (χ3n) is 7.04. The second-order valence-corrected chi connectivity index (χ2v) is 10.0. The van der Waals surface area contributed by atoms with Crippen molar-refractivity contribution in [3.8, 4) is 0 Å². The highest BCUT2D eigenvalue weighted by Crippen LogP contribution is 2.50. The maximum Gasteiger partial charge on any atom is 0.418 e. The number of piperidine rings is 1. The zero-order valence-corrected chi connectivity index (χ0v) is 19.1. The molecule has 1 spiro atoms. The molecule has 3 heterocycles. The van der Waals surface area contributed by atoms with Crippen molar-refractivity contribution in [3.05, 3.63) is 34.4 Å². The molecule has 0 amide bonds. The van der Waals surface area contributed by atoms with Crippen LogP contribution in [0.25, 0.3) is 0 Å². The summed E-state index contributed by atoms with van der Waals surface area (Å²) in [6.07, 6.45) is 4.60. The van der Waals surface area contributed by atoms with E-state index < -0.39 is 17.3 Å². The maximum atomic E-state index is 13.3. The van der Waals surface area contributed by atoms with Crippen LogP contribution in [-0.4, -0.2) is 27.6 Å². The molecule has 32 heavy (non-hydrogen) atoms. The first-order chi connectivity index (χ1) is 15.1. The van der Waals surface area contributed by atoms with Crippen molar-refractivity contribution in [2.24, 2.45) is 18.4 Å². The van der Waals surface area contributed by atoms with Crippen LogP contribution in [0.5, 0.6) is 0 Å². The highest BCUT2D eigenvalue weighted by Gasteiger charge is 2.41. The second-order valence-electron chi connectivity index (χ2n) is 8.97. The first kappa shape index (κ1) is 22.9. The summed E-state index contributed by atoms with van der Waals surface area (Å²) in [7, 11) is 1.60. The summed E-state index contributed by atoms with van der Waals surface area (Å²) in [5.74, 6) is 1.23. The lowest BCUT2D eigenvalue weighted by atomic mass is 9.76. The number of nitrogen functional groups attached to an aromatic ring is 1. The van der Waals surface area contributed by atoms with E-state index in [9.17, 15) is 18.0 Å². The number of hydrogen-bond donors (Lipinski definition) is 1. The first-order valence-electron chi connectivity index (χ1n) is 10.9. The van der Waals surface area contributed by atoms with E-state index in [-0.39, 0.29) is 15.6 Å². The number of nitrogens with zero attached hydrogens (tertiary/aromatic N) is 4. The van der Waals surface area contributed by atoms with Crippen molar-refractivity contribution in [2.75, 3.05) is 23.7 Å². The smallest absolute Gasteiger partial charge is 0.382 e. The van der Waals surface area contributed by atoms with Gasteiger partial charge in [0, 0.05) is 37.4 Å². The zero-order chi connectivity index (χ0) is 23.1. The Balaban J connectivity index is 1.57. The van der Waals surface area contributed by atoms with E-state index in [0.717, 1.165) is 38.0 Å². The number of alkyl halides is 3. The first-order valence-corrected chi connectivity index (χ1v) is 11.8. The van der Waals surface area contributed by atoms with E-state index in [1.165, 1.54) is 42.5 Å². The highest BCUT2D eigenvalue weighted by atomic mass is 32.2. The van der Waals surface area contributed by atoms with Gasteiger partial charge in [-0.05, 0) is 49.5 Å². The summed E-state index contributed by atoms with van der Waals surface area (Å²) in [5, 5.41) is 0. The molecule has 0 unspecified atom stereocenters. The van der Waals surface area contributed by atoms with Crippen molar-refractivity contribution in [2.45, 2.75) is 61.4 Å². The van der Waals surface area contributed by atoms with Gasteiger partial charge in [0.05, 0.1) is 5.56 Å². The molecule has 2 fully saturated rings. The third-order valence-corrected chi connectivity index (χ3v) is 8.20. The molecule has 2 aliphatic rings. The SMILES string of the molecule is CC[C@H]1CCC2(CCN(c3nc(N)c(Sc4ccncc4C(F)(F)F)c(=O)n3C)CC2)C1. The van der Waals surface area contributed by atoms with Gasteiger partial charge >= 0.3 is 6.18 Å². The number of nitrogens with two attached hydrogens (primary N) is 1. The number of halogens is 3. The molecule has 1 saturated carbocycles. The number of pyridine rings is 1. The van der Waals surface area contributed by atoms with Crippen LogP contribution in [0.15, 0.2) is 33.0 Å². The summed E-state index contributed by atoms with van der Waals surface area (Å²) >= 11 is 0.682. The van der Waals surface area contributed by atoms with Gasteiger partial charge in [0.15, 0.2) is 0 Å². The summed E-state index contributed by atoms with van der Waals surface area (Å²) in [4.78, 5) is 23.0. The van der Waals surface area contributed by atoms with Crippen LogP contribution in [0, 0.1) is 11.3 Å². The van der Waals surface area contributed by atoms with E-state index in [2.05, 4.69) is 21.8 Å². The highest BCUT2D eigenvalue weighted by molar-refractivity contribution is 7.99. The largest absolute Gasteiger partial charge is 0.418 e. The molecular weight excluding hydrogens is 439 g/mol. The van der Waals surface area contributed by atoms with Gasteiger partial charge in [-0.15, -0.1) is 0 Å². The molecule has 10 heteroatoms. The Morgan fingerprint density at radius 2 is 2.00 bits per heavy atom. The number of rotatable bonds is 4. The topological polar surface area (TPSA) is 77.0 Å². The average molecular weight is 468 g/mol. The van der Waals surface area contributed by atoms with Gasteiger partial charge in [0.2, 0.25) is 5.95 Å². The molecule has 2 aromatic heterocycles. The van der Waals surface area contributed by atoms with Gasteiger partial charge in [-0.2, -0.15) is 18.2 Å². The molecule has 1 atom stereocenters. The van der Waals surface area contributed by atoms with Crippen molar-refractivity contribution in [3.63, 3.8) is 0 Å². The lowest BCUT2D eigenvalue weighted by Gasteiger charge is -2.40. The van der Waals surface area contributed by atoms with Gasteiger partial charge < -0.3 is 10.6 Å². The Morgan fingerprint density at radius 1 is 1.28 bits per heavy atom. The fourth-order valence-corrected chi connectivity index (χ4v) is 6.07. The van der Waals surface area contributed by atoms with Crippen LogP contribution in [0.2, 0.25) is 0 Å². The fourth-order valence-electron chi connectivity index (χ4n) is 5.07. The quantitative estimate of drug-likeness (QED) is 0.701. The van der Waals surface area contributed by atoms with E-state index in [0.29, 0.717) is 23.1 Å². The lowest BCUT2D eigenvalue weighted by molar-refractivity contribution is -0.140. The molecule has 0 radical (unpaired) electrons. The summed E-state index contributed by atoms with van der Waals surface area (Å²) in [6.45, 7) is 3.85. The number of hydrogen-bond acceptors (Lipinski definition) is 6. The summed E-state index contributed by atoms with van der Waals surface area (Å²) in [6, 6.07) is 1.23. The Bertz CT molecular complexity index is 1050. The minimum atomic E-state index is -4.58. The summed E-state index contributed by atoms with van der Waals surface area (Å²) < 4.78 is 41.4. The molecule has 1 aliphatic carbocycles. The van der Waals surface area contributed by atoms with Crippen molar-refractivity contribution >= 4 is 23.5 Å². The molecule has 2 aromatic rings. The zero-order valence-electron chi connectivity index (χ0n) is 18.3. The molecule has 4 rings (SSSR count). The monoisotopic (exact) mass is 467 g/mol. The molecule has 174 valence electrons. The van der Waals surface area contributed by atoms with Crippen LogP contribution >= 0.6 is 11.8 Å². The van der Waals surface area contributed by atoms with E-state index in [1.54, 1.807) is 7.05 Å². The minimum Gasteiger partial charge on any atom is -0.382 e. The fraction of sp³-hybridized carbons (Fsp3) is 0.591. The Hall–Kier alpha value is -2.23. The minimum absolute atomic E-state index is 0.0111. The van der Waals surface area contributed by atoms with E-state index >= 15 is 0 Å². The predicted octanol–water partition coefficient (Wildman–Crippen LogP) is 4.72. The van der Waals surface area contributed by atoms with Gasteiger partial charge in [0.1, 0.15) is 10.7 Å². The Kier molecular flexibility index (Phi) is 6.17. The van der Waals surface area contributed by atoms with Crippen LogP contribution < -0.4 is 16.2 Å². The predicted molar refractivity (Wildman–Crippen MR) is 119 cm³/mol. The summed E-state index contributed by atoms with van der Waals surface area (Å²) in [5.41, 5.74) is 5.13. The second kappa shape index (κ2) is 8.61. The molecule has 6 nitrogen and oxygen atoms in total. The van der Waals surface area contributed by atoms with Gasteiger partial charge in [0.25, 0.3) is 5.56 Å². The van der Waals surface area contributed by atoms with E-state index in [4.69, 9.17) is 5.73 Å². The Labute approximate surface area is 189 Å². The third kappa shape index (κ3) is 4.33. The molecule has 0 aromatic carbocycles. The van der Waals surface area contributed by atoms with Crippen LogP contribution in [0.1, 0.15) is 51.0 Å². The van der Waals surface area contributed by atoms with Crippen molar-refractivity contribution in [1.82, 2.24) is 14.5 Å². The van der Waals surface area contributed by atoms with Crippen LogP contribution in [-0.2, 0) is 13.2 Å². The normalized spacial score (nSPS) is 20.8. The number of aromatic nitrogens is 3. The van der Waals surface area contributed by atoms with Crippen LogP contribution in [0.3, 0.4) is 0 Å². The van der Waals surface area contributed by atoms with Crippen LogP contribution in [0.4, 0.5) is 24.9 Å².